The summed E-state index contributed by atoms with van der Waals surface area (Å²) in [4.78, 5) is 20.9. The molecule has 0 radical (unpaired) electrons. The number of aromatic nitrogens is 2. The fraction of sp³-hybridized carbons (Fsp3) is 0.304. The number of hydrogen-bond acceptors (Lipinski definition) is 6. The van der Waals surface area contributed by atoms with Gasteiger partial charge in [-0.2, -0.15) is 5.26 Å². The van der Waals surface area contributed by atoms with Crippen LogP contribution in [0.5, 0.6) is 0 Å². The van der Waals surface area contributed by atoms with Gasteiger partial charge < -0.3 is 11.1 Å². The number of carbonyl (C=O) groups excluding carboxylic acids is 1. The van der Waals surface area contributed by atoms with Crippen LogP contribution in [0, 0.1) is 11.3 Å². The van der Waals surface area contributed by atoms with Crippen molar-refractivity contribution in [3.63, 3.8) is 0 Å². The van der Waals surface area contributed by atoms with Gasteiger partial charge in [-0.1, -0.05) is 6.07 Å². The SMILES string of the molecule is CC(=O)c1cnc2ccc(-c3ccc(C#N)nc3)cc2c1NC1CCC(N)CC1. The van der Waals surface area contributed by atoms with Gasteiger partial charge in [-0.3, -0.25) is 9.78 Å². The highest BCUT2D eigenvalue weighted by atomic mass is 16.1. The monoisotopic (exact) mass is 385 g/mol. The van der Waals surface area contributed by atoms with Crippen LogP contribution >= 0.6 is 0 Å². The highest BCUT2D eigenvalue weighted by Crippen LogP contribution is 2.33. The first-order valence-electron chi connectivity index (χ1n) is 9.87. The molecule has 2 aromatic heterocycles. The third-order valence-electron chi connectivity index (χ3n) is 5.58. The summed E-state index contributed by atoms with van der Waals surface area (Å²) in [5.74, 6) is -0.0140. The minimum absolute atomic E-state index is 0.0140. The molecular formula is C23H23N5O. The minimum Gasteiger partial charge on any atom is -0.381 e. The number of fused-ring (bicyclic) bond motifs is 1. The van der Waals surface area contributed by atoms with E-state index in [0.717, 1.165) is 53.4 Å². The minimum atomic E-state index is -0.0140. The fourth-order valence-corrected chi connectivity index (χ4v) is 3.89. The molecule has 3 N–H and O–H groups in total. The molecule has 6 heteroatoms. The number of benzene rings is 1. The number of anilines is 1. The van der Waals surface area contributed by atoms with E-state index in [1.807, 2.05) is 30.3 Å². The second-order valence-electron chi connectivity index (χ2n) is 7.63. The third-order valence-corrected chi connectivity index (χ3v) is 5.58. The van der Waals surface area contributed by atoms with Gasteiger partial charge in [0.2, 0.25) is 0 Å². The number of nitrogens with two attached hydrogens (primary N) is 1. The van der Waals surface area contributed by atoms with E-state index in [0.29, 0.717) is 17.3 Å². The van der Waals surface area contributed by atoms with Gasteiger partial charge >= 0.3 is 0 Å². The van der Waals surface area contributed by atoms with E-state index in [-0.39, 0.29) is 11.8 Å². The van der Waals surface area contributed by atoms with Gasteiger partial charge in [0, 0.05) is 35.4 Å². The Morgan fingerprint density at radius 2 is 1.86 bits per heavy atom. The number of pyridine rings is 2. The topological polar surface area (TPSA) is 105 Å². The van der Waals surface area contributed by atoms with Gasteiger partial charge in [-0.25, -0.2) is 4.98 Å². The van der Waals surface area contributed by atoms with Gasteiger partial charge in [0.15, 0.2) is 5.78 Å². The van der Waals surface area contributed by atoms with E-state index >= 15 is 0 Å². The normalized spacial score (nSPS) is 18.9. The quantitative estimate of drug-likeness (QED) is 0.657. The molecule has 4 rings (SSSR count). The standard InChI is InChI=1S/C23H23N5O/c1-14(29)21-13-27-22-9-3-15(16-2-6-19(11-24)26-12-16)10-20(22)23(21)28-18-7-4-17(25)5-8-18/h2-3,6,9-10,12-13,17-18H,4-5,7-8,25H2,1H3,(H,27,28). The molecule has 1 saturated carbocycles. The number of hydrogen-bond donors (Lipinski definition) is 2. The summed E-state index contributed by atoms with van der Waals surface area (Å²) in [5.41, 5.74) is 10.6. The molecule has 1 fully saturated rings. The van der Waals surface area contributed by atoms with Crippen LogP contribution < -0.4 is 11.1 Å². The van der Waals surface area contributed by atoms with Crippen LogP contribution in [0.1, 0.15) is 48.7 Å². The molecule has 6 nitrogen and oxygen atoms in total. The zero-order valence-electron chi connectivity index (χ0n) is 16.4. The number of Topliss-reactive ketones (excluding diaryl/α,β-unsaturated/α-hetero) is 1. The Labute approximate surface area is 169 Å². The Morgan fingerprint density at radius 3 is 2.52 bits per heavy atom. The highest BCUT2D eigenvalue weighted by molar-refractivity contribution is 6.07. The van der Waals surface area contributed by atoms with Crippen molar-refractivity contribution in [2.75, 3.05) is 5.32 Å². The number of nitrogens with one attached hydrogen (secondary N) is 1. The number of rotatable bonds is 4. The first kappa shape index (κ1) is 19.0. The lowest BCUT2D eigenvalue weighted by Gasteiger charge is -2.28. The van der Waals surface area contributed by atoms with Crippen molar-refractivity contribution in [1.29, 1.82) is 5.26 Å². The van der Waals surface area contributed by atoms with Crippen molar-refractivity contribution in [1.82, 2.24) is 9.97 Å². The maximum absolute atomic E-state index is 12.3. The van der Waals surface area contributed by atoms with Crippen LogP contribution in [0.4, 0.5) is 5.69 Å². The number of nitrogens with zero attached hydrogens (tertiary/aromatic N) is 3. The van der Waals surface area contributed by atoms with Crippen molar-refractivity contribution in [2.24, 2.45) is 5.73 Å². The van der Waals surface area contributed by atoms with Crippen LogP contribution in [0.25, 0.3) is 22.0 Å². The molecule has 0 saturated heterocycles. The zero-order valence-corrected chi connectivity index (χ0v) is 16.4. The Bertz CT molecular complexity index is 1090. The lowest BCUT2D eigenvalue weighted by Crippen LogP contribution is -2.33. The average molecular weight is 385 g/mol. The Kier molecular flexibility index (Phi) is 5.24. The largest absolute Gasteiger partial charge is 0.381 e. The van der Waals surface area contributed by atoms with E-state index in [9.17, 15) is 4.79 Å². The molecule has 3 aromatic rings. The first-order valence-corrected chi connectivity index (χ1v) is 9.87. The number of carbonyl (C=O) groups is 1. The van der Waals surface area contributed by atoms with Crippen LogP contribution in [-0.2, 0) is 0 Å². The summed E-state index contributed by atoms with van der Waals surface area (Å²) in [6, 6.07) is 12.1. The predicted molar refractivity (Wildman–Crippen MR) is 114 cm³/mol. The maximum Gasteiger partial charge on any atom is 0.163 e. The van der Waals surface area contributed by atoms with Crippen molar-refractivity contribution in [2.45, 2.75) is 44.7 Å². The molecule has 0 spiro atoms. The van der Waals surface area contributed by atoms with Gasteiger partial charge in [-0.05, 0) is 62.4 Å². The Hall–Kier alpha value is -3.30. The van der Waals surface area contributed by atoms with Crippen LogP contribution in [0.2, 0.25) is 0 Å². The summed E-state index contributed by atoms with van der Waals surface area (Å²) >= 11 is 0. The first-order chi connectivity index (χ1) is 14.0. The summed E-state index contributed by atoms with van der Waals surface area (Å²) in [6.45, 7) is 1.57. The van der Waals surface area contributed by atoms with Gasteiger partial charge in [0.25, 0.3) is 0 Å². The molecule has 29 heavy (non-hydrogen) atoms. The number of ketones is 1. The van der Waals surface area contributed by atoms with Crippen molar-refractivity contribution in [3.8, 4) is 17.2 Å². The molecule has 1 aromatic carbocycles. The smallest absolute Gasteiger partial charge is 0.163 e. The van der Waals surface area contributed by atoms with E-state index in [1.54, 1.807) is 25.4 Å². The molecule has 1 aliphatic carbocycles. The summed E-state index contributed by atoms with van der Waals surface area (Å²) < 4.78 is 0. The van der Waals surface area contributed by atoms with Gasteiger partial charge in [0.1, 0.15) is 11.8 Å². The Morgan fingerprint density at radius 1 is 1.10 bits per heavy atom. The van der Waals surface area contributed by atoms with Crippen LogP contribution in [-0.4, -0.2) is 27.8 Å². The molecule has 0 aliphatic heterocycles. The molecular weight excluding hydrogens is 362 g/mol. The highest BCUT2D eigenvalue weighted by Gasteiger charge is 2.21. The molecule has 0 atom stereocenters. The summed E-state index contributed by atoms with van der Waals surface area (Å²) in [5, 5.41) is 13.5. The van der Waals surface area contributed by atoms with E-state index in [1.165, 1.54) is 0 Å². The molecule has 2 heterocycles. The number of nitriles is 1. The molecule has 146 valence electrons. The molecule has 0 unspecified atom stereocenters. The van der Waals surface area contributed by atoms with Crippen LogP contribution in [0.3, 0.4) is 0 Å². The molecule has 1 aliphatic rings. The third kappa shape index (κ3) is 3.96. The van der Waals surface area contributed by atoms with Crippen molar-refractivity contribution in [3.05, 3.63) is 54.0 Å². The Balaban J connectivity index is 1.78. The molecule has 0 bridgehead atoms. The maximum atomic E-state index is 12.3. The lowest BCUT2D eigenvalue weighted by atomic mass is 9.91. The molecule has 0 amide bonds. The van der Waals surface area contributed by atoms with Crippen LogP contribution in [0.15, 0.2) is 42.7 Å². The fourth-order valence-electron chi connectivity index (χ4n) is 3.89. The van der Waals surface area contributed by atoms with Crippen molar-refractivity contribution >= 4 is 22.4 Å². The second-order valence-corrected chi connectivity index (χ2v) is 7.63. The van der Waals surface area contributed by atoms with E-state index in [4.69, 9.17) is 11.0 Å². The van der Waals surface area contributed by atoms with Gasteiger partial charge in [0.05, 0.1) is 16.8 Å². The van der Waals surface area contributed by atoms with Gasteiger partial charge in [-0.15, -0.1) is 0 Å². The van der Waals surface area contributed by atoms with E-state index in [2.05, 4.69) is 15.3 Å². The predicted octanol–water partition coefficient (Wildman–Crippen LogP) is 4.05. The second kappa shape index (κ2) is 7.98. The lowest BCUT2D eigenvalue weighted by molar-refractivity contribution is 0.101. The summed E-state index contributed by atoms with van der Waals surface area (Å²) in [6.07, 6.45) is 7.29. The zero-order chi connectivity index (χ0) is 20.4. The van der Waals surface area contributed by atoms with E-state index < -0.39 is 0 Å². The van der Waals surface area contributed by atoms with Crippen molar-refractivity contribution < 1.29 is 4.79 Å². The average Bonchev–Trinajstić information content (AvgIpc) is 2.75. The summed E-state index contributed by atoms with van der Waals surface area (Å²) in [7, 11) is 0.